The van der Waals surface area contributed by atoms with E-state index in [-0.39, 0.29) is 24.5 Å². The van der Waals surface area contributed by atoms with Crippen LogP contribution in [-0.2, 0) is 19.1 Å². The van der Waals surface area contributed by atoms with Gasteiger partial charge in [0.1, 0.15) is 6.54 Å². The number of carbonyl (C=O) groups excluding carboxylic acids is 2. The normalized spacial score (nSPS) is 24.9. The van der Waals surface area contributed by atoms with Gasteiger partial charge in [-0.1, -0.05) is 0 Å². The SMILES string of the molecule is CCOC(=O)CNC(=O)C1CCOC1C. The first-order valence-electron chi connectivity index (χ1n) is 5.20. The Morgan fingerprint density at radius 3 is 2.80 bits per heavy atom. The predicted molar refractivity (Wildman–Crippen MR) is 53.2 cm³/mol. The summed E-state index contributed by atoms with van der Waals surface area (Å²) in [5, 5.41) is 2.55. The zero-order chi connectivity index (χ0) is 11.3. The highest BCUT2D eigenvalue weighted by Crippen LogP contribution is 2.20. The molecule has 2 atom stereocenters. The summed E-state index contributed by atoms with van der Waals surface area (Å²) < 4.78 is 9.96. The van der Waals surface area contributed by atoms with Crippen molar-refractivity contribution in [2.45, 2.75) is 26.4 Å². The third kappa shape index (κ3) is 3.51. The maximum absolute atomic E-state index is 11.6. The topological polar surface area (TPSA) is 64.6 Å². The predicted octanol–water partition coefficient (Wildman–Crippen LogP) is 0.0907. The summed E-state index contributed by atoms with van der Waals surface area (Å²) in [7, 11) is 0. The third-order valence-electron chi connectivity index (χ3n) is 2.43. The van der Waals surface area contributed by atoms with Gasteiger partial charge in [0.25, 0.3) is 0 Å². The molecule has 1 saturated heterocycles. The lowest BCUT2D eigenvalue weighted by Gasteiger charge is -2.13. The van der Waals surface area contributed by atoms with Crippen molar-refractivity contribution < 1.29 is 19.1 Å². The van der Waals surface area contributed by atoms with Gasteiger partial charge in [-0.05, 0) is 20.3 Å². The molecule has 1 heterocycles. The average molecular weight is 215 g/mol. The molecule has 0 spiro atoms. The molecule has 1 aliphatic heterocycles. The molecular formula is C10H17NO4. The van der Waals surface area contributed by atoms with E-state index in [0.29, 0.717) is 13.2 Å². The van der Waals surface area contributed by atoms with Gasteiger partial charge < -0.3 is 14.8 Å². The van der Waals surface area contributed by atoms with Crippen LogP contribution < -0.4 is 5.32 Å². The fourth-order valence-electron chi connectivity index (χ4n) is 1.58. The van der Waals surface area contributed by atoms with Crippen molar-refractivity contribution in [2.24, 2.45) is 5.92 Å². The lowest BCUT2D eigenvalue weighted by Crippen LogP contribution is -2.37. The zero-order valence-corrected chi connectivity index (χ0v) is 9.12. The van der Waals surface area contributed by atoms with Crippen LogP contribution in [0.4, 0.5) is 0 Å². The van der Waals surface area contributed by atoms with Crippen molar-refractivity contribution in [1.29, 1.82) is 0 Å². The summed E-state index contributed by atoms with van der Waals surface area (Å²) in [5.41, 5.74) is 0. The molecule has 0 aromatic rings. The summed E-state index contributed by atoms with van der Waals surface area (Å²) in [5.74, 6) is -0.676. The number of esters is 1. The number of nitrogens with one attached hydrogen (secondary N) is 1. The van der Waals surface area contributed by atoms with Gasteiger partial charge in [-0.2, -0.15) is 0 Å². The first kappa shape index (κ1) is 12.0. The molecule has 0 aromatic carbocycles. The van der Waals surface area contributed by atoms with Crippen molar-refractivity contribution in [1.82, 2.24) is 5.32 Å². The number of rotatable bonds is 4. The quantitative estimate of drug-likeness (QED) is 0.675. The molecule has 0 saturated carbocycles. The van der Waals surface area contributed by atoms with Crippen molar-refractivity contribution in [3.8, 4) is 0 Å². The second kappa shape index (κ2) is 5.70. The summed E-state index contributed by atoms with van der Waals surface area (Å²) in [6.07, 6.45) is 0.655. The van der Waals surface area contributed by atoms with E-state index in [4.69, 9.17) is 9.47 Å². The van der Waals surface area contributed by atoms with Gasteiger partial charge in [0, 0.05) is 6.61 Å². The Hall–Kier alpha value is -1.10. The van der Waals surface area contributed by atoms with E-state index >= 15 is 0 Å². The Balaban J connectivity index is 2.26. The number of amides is 1. The first-order valence-corrected chi connectivity index (χ1v) is 5.20. The lowest BCUT2D eigenvalue weighted by atomic mass is 10.0. The van der Waals surface area contributed by atoms with E-state index in [1.165, 1.54) is 0 Å². The number of hydrogen-bond acceptors (Lipinski definition) is 4. The highest BCUT2D eigenvalue weighted by atomic mass is 16.5. The van der Waals surface area contributed by atoms with Crippen molar-refractivity contribution in [2.75, 3.05) is 19.8 Å². The summed E-state index contributed by atoms with van der Waals surface area (Å²) >= 11 is 0. The summed E-state index contributed by atoms with van der Waals surface area (Å²) in [6, 6.07) is 0. The molecule has 0 aliphatic carbocycles. The highest BCUT2D eigenvalue weighted by Gasteiger charge is 2.30. The molecule has 1 aliphatic rings. The standard InChI is InChI=1S/C10H17NO4/c1-3-14-9(12)6-11-10(13)8-4-5-15-7(8)2/h7-8H,3-6H2,1-2H3,(H,11,13). The zero-order valence-electron chi connectivity index (χ0n) is 9.12. The number of carbonyl (C=O) groups is 2. The maximum atomic E-state index is 11.6. The summed E-state index contributed by atoms with van der Waals surface area (Å²) in [6.45, 7) is 4.47. The Kier molecular flexibility index (Phi) is 4.55. The number of hydrogen-bond donors (Lipinski definition) is 1. The van der Waals surface area contributed by atoms with E-state index in [1.54, 1.807) is 6.92 Å². The molecule has 1 rings (SSSR count). The molecule has 1 fully saturated rings. The van der Waals surface area contributed by atoms with Crippen LogP contribution in [0.5, 0.6) is 0 Å². The summed E-state index contributed by atoms with van der Waals surface area (Å²) in [4.78, 5) is 22.5. The smallest absolute Gasteiger partial charge is 0.325 e. The third-order valence-corrected chi connectivity index (χ3v) is 2.43. The van der Waals surface area contributed by atoms with E-state index in [9.17, 15) is 9.59 Å². The van der Waals surface area contributed by atoms with Crippen LogP contribution >= 0.6 is 0 Å². The van der Waals surface area contributed by atoms with Crippen molar-refractivity contribution in [3.63, 3.8) is 0 Å². The van der Waals surface area contributed by atoms with Gasteiger partial charge in [0.2, 0.25) is 5.91 Å². The lowest BCUT2D eigenvalue weighted by molar-refractivity contribution is -0.144. The van der Waals surface area contributed by atoms with Crippen LogP contribution in [0.3, 0.4) is 0 Å². The molecule has 5 nitrogen and oxygen atoms in total. The van der Waals surface area contributed by atoms with Gasteiger partial charge in [-0.15, -0.1) is 0 Å². The minimum Gasteiger partial charge on any atom is -0.465 e. The molecule has 2 unspecified atom stereocenters. The molecular weight excluding hydrogens is 198 g/mol. The fourth-order valence-corrected chi connectivity index (χ4v) is 1.58. The Bertz CT molecular complexity index is 242. The largest absolute Gasteiger partial charge is 0.465 e. The molecule has 86 valence electrons. The molecule has 0 aromatic heterocycles. The van der Waals surface area contributed by atoms with Crippen LogP contribution in [0.15, 0.2) is 0 Å². The Morgan fingerprint density at radius 1 is 1.53 bits per heavy atom. The minimum atomic E-state index is -0.405. The van der Waals surface area contributed by atoms with Crippen molar-refractivity contribution >= 4 is 11.9 Å². The van der Waals surface area contributed by atoms with Crippen LogP contribution in [0, 0.1) is 5.92 Å². The molecule has 0 radical (unpaired) electrons. The molecule has 1 N–H and O–H groups in total. The Labute approximate surface area is 89.1 Å². The van der Waals surface area contributed by atoms with E-state index < -0.39 is 5.97 Å². The number of ether oxygens (including phenoxy) is 2. The van der Waals surface area contributed by atoms with E-state index in [0.717, 1.165) is 6.42 Å². The second-order valence-corrected chi connectivity index (χ2v) is 3.49. The molecule has 15 heavy (non-hydrogen) atoms. The fraction of sp³-hybridized carbons (Fsp3) is 0.800. The molecule has 1 amide bonds. The van der Waals surface area contributed by atoms with Crippen LogP contribution in [0.1, 0.15) is 20.3 Å². The maximum Gasteiger partial charge on any atom is 0.325 e. The van der Waals surface area contributed by atoms with Crippen LogP contribution in [0.2, 0.25) is 0 Å². The Morgan fingerprint density at radius 2 is 2.27 bits per heavy atom. The van der Waals surface area contributed by atoms with Gasteiger partial charge in [0.05, 0.1) is 18.6 Å². The minimum absolute atomic E-state index is 0.0596. The van der Waals surface area contributed by atoms with Crippen LogP contribution in [-0.4, -0.2) is 37.7 Å². The average Bonchev–Trinajstić information content (AvgIpc) is 2.61. The molecule has 5 heteroatoms. The van der Waals surface area contributed by atoms with Crippen molar-refractivity contribution in [3.05, 3.63) is 0 Å². The molecule has 0 bridgehead atoms. The van der Waals surface area contributed by atoms with Crippen LogP contribution in [0.25, 0.3) is 0 Å². The van der Waals surface area contributed by atoms with Gasteiger partial charge in [0.15, 0.2) is 0 Å². The second-order valence-electron chi connectivity index (χ2n) is 3.49. The highest BCUT2D eigenvalue weighted by molar-refractivity contribution is 5.84. The van der Waals surface area contributed by atoms with E-state index in [1.807, 2.05) is 6.92 Å². The van der Waals surface area contributed by atoms with Gasteiger partial charge in [-0.25, -0.2) is 0 Å². The first-order chi connectivity index (χ1) is 7.15. The van der Waals surface area contributed by atoms with E-state index in [2.05, 4.69) is 5.32 Å². The van der Waals surface area contributed by atoms with Gasteiger partial charge >= 0.3 is 5.97 Å². The monoisotopic (exact) mass is 215 g/mol. The van der Waals surface area contributed by atoms with Gasteiger partial charge in [-0.3, -0.25) is 9.59 Å².